The molecule has 9 nitrogen and oxygen atoms in total. The topological polar surface area (TPSA) is 85.6 Å². The fraction of sp³-hybridized carbons (Fsp3) is 0.471. The van der Waals surface area contributed by atoms with Crippen LogP contribution in [0.4, 0.5) is 0 Å². The van der Waals surface area contributed by atoms with Crippen LogP contribution in [0, 0.1) is 6.92 Å². The number of amides is 1. The number of fused-ring (bicyclic) bond motifs is 1. The third-order valence-electron chi connectivity index (χ3n) is 7.86. The van der Waals surface area contributed by atoms with Gasteiger partial charge >= 0.3 is 0 Å². The van der Waals surface area contributed by atoms with E-state index in [2.05, 4.69) is 57.5 Å². The van der Waals surface area contributed by atoms with E-state index >= 15 is 0 Å². The highest BCUT2D eigenvalue weighted by Gasteiger charge is 2.22. The highest BCUT2D eigenvalue weighted by Crippen LogP contribution is 2.32. The van der Waals surface area contributed by atoms with Crippen molar-refractivity contribution in [3.05, 3.63) is 66.0 Å². The van der Waals surface area contributed by atoms with Gasteiger partial charge < -0.3 is 18.9 Å². The Bertz CT molecular complexity index is 1500. The molecule has 1 aliphatic heterocycles. The lowest BCUT2D eigenvalue weighted by molar-refractivity contribution is -0.133. The van der Waals surface area contributed by atoms with E-state index in [1.807, 2.05) is 43.0 Å². The van der Waals surface area contributed by atoms with Gasteiger partial charge in [0.1, 0.15) is 24.5 Å². The third-order valence-corrected chi connectivity index (χ3v) is 7.86. The molecule has 1 aliphatic rings. The number of carbonyl (C=O) groups is 1. The summed E-state index contributed by atoms with van der Waals surface area (Å²) in [5.41, 5.74) is 4.64. The predicted octanol–water partition coefficient (Wildman–Crippen LogP) is 5.74. The molecule has 0 saturated carbocycles. The first-order valence-corrected chi connectivity index (χ1v) is 15.6. The van der Waals surface area contributed by atoms with Crippen molar-refractivity contribution in [2.75, 3.05) is 39.3 Å². The van der Waals surface area contributed by atoms with Gasteiger partial charge in [-0.2, -0.15) is 4.98 Å². The Morgan fingerprint density at radius 2 is 1.79 bits per heavy atom. The molecule has 9 heteroatoms. The van der Waals surface area contributed by atoms with Gasteiger partial charge in [0.25, 0.3) is 0 Å². The van der Waals surface area contributed by atoms with E-state index in [1.165, 1.54) is 0 Å². The molecule has 0 atom stereocenters. The van der Waals surface area contributed by atoms with E-state index in [4.69, 9.17) is 14.5 Å². The average Bonchev–Trinajstić information content (AvgIpc) is 3.36. The zero-order valence-electron chi connectivity index (χ0n) is 26.0. The Labute approximate surface area is 254 Å². The summed E-state index contributed by atoms with van der Waals surface area (Å²) < 4.78 is 14.3. The van der Waals surface area contributed by atoms with E-state index in [1.54, 1.807) is 6.33 Å². The van der Waals surface area contributed by atoms with Crippen molar-refractivity contribution in [2.45, 2.75) is 66.0 Å². The van der Waals surface area contributed by atoms with Crippen LogP contribution in [-0.4, -0.2) is 80.7 Å². The molecule has 1 amide bonds. The number of hydrogen-bond acceptors (Lipinski definition) is 7. The zero-order valence-corrected chi connectivity index (χ0v) is 26.0. The number of imidazole rings is 1. The van der Waals surface area contributed by atoms with E-state index in [9.17, 15) is 4.79 Å². The van der Waals surface area contributed by atoms with Gasteiger partial charge in [-0.15, -0.1) is 0 Å². The van der Waals surface area contributed by atoms with Crippen molar-refractivity contribution in [1.29, 1.82) is 0 Å². The number of nitrogens with zero attached hydrogens (tertiary/aromatic N) is 6. The number of aryl methyl sites for hydroxylation is 1. The number of unbranched alkanes of at least 4 members (excludes halogenated alkanes) is 2. The second-order valence-electron chi connectivity index (χ2n) is 11.5. The molecule has 0 unspecified atom stereocenters. The summed E-state index contributed by atoms with van der Waals surface area (Å²) in [6.07, 6.45) is 5.45. The van der Waals surface area contributed by atoms with Crippen LogP contribution in [0.15, 0.2) is 54.9 Å². The number of ether oxygens (including phenoxy) is 2. The van der Waals surface area contributed by atoms with E-state index in [0.29, 0.717) is 36.9 Å². The van der Waals surface area contributed by atoms with Crippen LogP contribution in [0.3, 0.4) is 0 Å². The van der Waals surface area contributed by atoms with E-state index < -0.39 is 0 Å². The summed E-state index contributed by atoms with van der Waals surface area (Å²) in [5, 5.41) is 0. The number of piperazine rings is 1. The van der Waals surface area contributed by atoms with Gasteiger partial charge in [0, 0.05) is 44.7 Å². The average molecular weight is 585 g/mol. The lowest BCUT2D eigenvalue weighted by atomic mass is 10.1. The number of carbonyl (C=O) groups excluding carboxylic acids is 1. The highest BCUT2D eigenvalue weighted by molar-refractivity contribution is 5.82. The monoisotopic (exact) mass is 584 g/mol. The van der Waals surface area contributed by atoms with Crippen LogP contribution in [0.2, 0.25) is 0 Å². The Morgan fingerprint density at radius 1 is 1.00 bits per heavy atom. The van der Waals surface area contributed by atoms with Crippen LogP contribution in [0.5, 0.6) is 11.6 Å². The summed E-state index contributed by atoms with van der Waals surface area (Å²) in [6.45, 7) is 13.7. The molecule has 0 radical (unpaired) electrons. The van der Waals surface area contributed by atoms with Crippen molar-refractivity contribution < 1.29 is 14.3 Å². The maximum absolute atomic E-state index is 12.4. The van der Waals surface area contributed by atoms with Crippen molar-refractivity contribution in [1.82, 2.24) is 29.3 Å². The van der Waals surface area contributed by atoms with Crippen LogP contribution in [-0.2, 0) is 11.3 Å². The van der Waals surface area contributed by atoms with Gasteiger partial charge in [0.05, 0.1) is 12.6 Å². The number of hydrogen-bond donors (Lipinski definition) is 0. The highest BCUT2D eigenvalue weighted by atomic mass is 16.5. The lowest BCUT2D eigenvalue weighted by Crippen LogP contribution is -2.49. The third kappa shape index (κ3) is 7.70. The number of benzene rings is 2. The number of rotatable bonds is 13. The summed E-state index contributed by atoms with van der Waals surface area (Å²) in [6, 6.07) is 16.5. The minimum atomic E-state index is -0.0269. The van der Waals surface area contributed by atoms with Crippen LogP contribution >= 0.6 is 0 Å². The molecule has 1 fully saturated rings. The molecule has 228 valence electrons. The standard InChI is InChI=1S/C34H44N6O3/c1-5-6-8-13-30(41)39-18-16-38(17-19-39)20-21-42-28-14-15-29(26(4)22-28)32-37-31-33(35-24-36-34(31)43-25(2)3)40(32)23-27-11-9-7-10-12-27/h7,9-12,14-15,22,24-25H,5-6,8,13,16-21,23H2,1-4H3. The summed E-state index contributed by atoms with van der Waals surface area (Å²) in [7, 11) is 0. The van der Waals surface area contributed by atoms with Crippen LogP contribution < -0.4 is 9.47 Å². The molecule has 0 spiro atoms. The maximum Gasteiger partial charge on any atom is 0.245 e. The summed E-state index contributed by atoms with van der Waals surface area (Å²) in [4.78, 5) is 30.8. The smallest absolute Gasteiger partial charge is 0.245 e. The van der Waals surface area contributed by atoms with Gasteiger partial charge in [-0.1, -0.05) is 50.1 Å². The van der Waals surface area contributed by atoms with Crippen molar-refractivity contribution in [2.24, 2.45) is 0 Å². The Morgan fingerprint density at radius 3 is 2.51 bits per heavy atom. The molecule has 2 aromatic carbocycles. The minimum absolute atomic E-state index is 0.0269. The fourth-order valence-corrected chi connectivity index (χ4v) is 5.52. The molecule has 0 aliphatic carbocycles. The fourth-order valence-electron chi connectivity index (χ4n) is 5.52. The zero-order chi connectivity index (χ0) is 30.2. The molecule has 0 N–H and O–H groups in total. The molecule has 43 heavy (non-hydrogen) atoms. The van der Waals surface area contributed by atoms with E-state index in [0.717, 1.165) is 85.9 Å². The first-order chi connectivity index (χ1) is 20.9. The lowest BCUT2D eigenvalue weighted by Gasteiger charge is -2.34. The summed E-state index contributed by atoms with van der Waals surface area (Å²) >= 11 is 0. The predicted molar refractivity (Wildman–Crippen MR) is 169 cm³/mol. The van der Waals surface area contributed by atoms with E-state index in [-0.39, 0.29) is 6.10 Å². The quantitative estimate of drug-likeness (QED) is 0.185. The minimum Gasteiger partial charge on any atom is -0.492 e. The molecular formula is C34H44N6O3. The summed E-state index contributed by atoms with van der Waals surface area (Å²) in [5.74, 6) is 2.44. The SMILES string of the molecule is CCCCCC(=O)N1CCN(CCOc2ccc(-c3nc4c(OC(C)C)ncnc4n3Cc3ccccc3)c(C)c2)CC1. The van der Waals surface area contributed by atoms with Crippen LogP contribution in [0.1, 0.15) is 57.6 Å². The second-order valence-corrected chi connectivity index (χ2v) is 11.5. The van der Waals surface area contributed by atoms with Crippen molar-refractivity contribution >= 4 is 17.1 Å². The van der Waals surface area contributed by atoms with Gasteiger partial charge in [0.2, 0.25) is 11.8 Å². The molecule has 2 aromatic heterocycles. The molecule has 0 bridgehead atoms. The Kier molecular flexibility index (Phi) is 10.3. The molecule has 1 saturated heterocycles. The normalized spacial score (nSPS) is 14.0. The van der Waals surface area contributed by atoms with Gasteiger partial charge in [-0.05, 0) is 56.5 Å². The first-order valence-electron chi connectivity index (χ1n) is 15.6. The van der Waals surface area contributed by atoms with Crippen LogP contribution in [0.25, 0.3) is 22.6 Å². The molecule has 5 rings (SSSR count). The second kappa shape index (κ2) is 14.5. The first kappa shape index (κ1) is 30.5. The Balaban J connectivity index is 1.26. The number of aromatic nitrogens is 4. The van der Waals surface area contributed by atoms with Gasteiger partial charge in [-0.25, -0.2) is 9.97 Å². The Hall–Kier alpha value is -3.98. The largest absolute Gasteiger partial charge is 0.492 e. The van der Waals surface area contributed by atoms with Gasteiger partial charge in [0.15, 0.2) is 11.2 Å². The maximum atomic E-state index is 12.4. The van der Waals surface area contributed by atoms with Crippen molar-refractivity contribution in [3.63, 3.8) is 0 Å². The molecule has 4 aromatic rings. The van der Waals surface area contributed by atoms with Crippen molar-refractivity contribution in [3.8, 4) is 23.0 Å². The molecule has 3 heterocycles. The molecular weight excluding hydrogens is 540 g/mol. The van der Waals surface area contributed by atoms with Gasteiger partial charge in [-0.3, -0.25) is 9.69 Å².